The van der Waals surface area contributed by atoms with Crippen molar-refractivity contribution in [3.05, 3.63) is 114 Å². The highest BCUT2D eigenvalue weighted by atomic mass is 16.1. The van der Waals surface area contributed by atoms with Gasteiger partial charge in [0.15, 0.2) is 0 Å². The summed E-state index contributed by atoms with van der Waals surface area (Å²) in [4.78, 5) is 28.3. The van der Waals surface area contributed by atoms with Crippen molar-refractivity contribution in [1.29, 1.82) is 0 Å². The van der Waals surface area contributed by atoms with E-state index in [0.29, 0.717) is 31.7 Å². The van der Waals surface area contributed by atoms with Gasteiger partial charge in [-0.2, -0.15) is 0 Å². The van der Waals surface area contributed by atoms with E-state index in [9.17, 15) is 4.79 Å². The van der Waals surface area contributed by atoms with Crippen molar-refractivity contribution in [2.75, 3.05) is 18.4 Å². The monoisotopic (exact) mass is 468 g/mol. The third-order valence-electron chi connectivity index (χ3n) is 5.24. The van der Waals surface area contributed by atoms with Gasteiger partial charge in [0.2, 0.25) is 0 Å². The van der Waals surface area contributed by atoms with Gasteiger partial charge >= 0.3 is 0 Å². The third-order valence-corrected chi connectivity index (χ3v) is 5.24. The van der Waals surface area contributed by atoms with Crippen molar-refractivity contribution in [2.45, 2.75) is 26.4 Å². The topological polar surface area (TPSA) is 96.5 Å². The van der Waals surface area contributed by atoms with Crippen LogP contribution in [0.1, 0.15) is 34.2 Å². The number of aromatic nitrogens is 2. The number of nitrogens with two attached hydrogens (primary N) is 1. The Hall–Kier alpha value is -3.94. The summed E-state index contributed by atoms with van der Waals surface area (Å²) in [7, 11) is 0. The summed E-state index contributed by atoms with van der Waals surface area (Å²) in [5, 5.41) is 2.91. The summed E-state index contributed by atoms with van der Waals surface area (Å²) in [6, 6.07) is 17.2. The van der Waals surface area contributed by atoms with E-state index in [1.165, 1.54) is 0 Å². The highest BCUT2D eigenvalue weighted by molar-refractivity contribution is 6.04. The fraction of sp³-hybridized carbons (Fsp3) is 0.214. The number of nitrogens with zero attached hydrogens (tertiary/aromatic N) is 4. The van der Waals surface area contributed by atoms with E-state index in [2.05, 4.69) is 31.8 Å². The number of pyridine rings is 2. The van der Waals surface area contributed by atoms with Crippen LogP contribution in [0.5, 0.6) is 0 Å². The van der Waals surface area contributed by atoms with E-state index in [0.717, 1.165) is 34.8 Å². The van der Waals surface area contributed by atoms with E-state index in [-0.39, 0.29) is 5.91 Å². The maximum atomic E-state index is 12.7. The summed E-state index contributed by atoms with van der Waals surface area (Å²) in [6.07, 6.45) is 9.60. The molecule has 2 aromatic heterocycles. The third kappa shape index (κ3) is 8.41. The Morgan fingerprint density at radius 3 is 2.46 bits per heavy atom. The van der Waals surface area contributed by atoms with Gasteiger partial charge in [0.05, 0.1) is 22.7 Å². The van der Waals surface area contributed by atoms with Gasteiger partial charge in [-0.1, -0.05) is 30.9 Å². The Bertz CT molecular complexity index is 1140. The van der Waals surface area contributed by atoms with Crippen molar-refractivity contribution in [3.8, 4) is 0 Å². The predicted molar refractivity (Wildman–Crippen MR) is 142 cm³/mol. The molecule has 3 aromatic rings. The molecule has 0 aliphatic rings. The molecule has 0 radical (unpaired) electrons. The minimum absolute atomic E-state index is 0.201. The van der Waals surface area contributed by atoms with Crippen molar-refractivity contribution >= 4 is 17.3 Å². The van der Waals surface area contributed by atoms with Crippen molar-refractivity contribution in [2.24, 2.45) is 10.7 Å². The molecule has 180 valence electrons. The maximum absolute atomic E-state index is 12.7. The molecule has 1 aromatic carbocycles. The van der Waals surface area contributed by atoms with Crippen LogP contribution in [0.3, 0.4) is 0 Å². The number of allylic oxidation sites excluding steroid dienone is 1. The lowest BCUT2D eigenvalue weighted by molar-refractivity contribution is 0.102. The van der Waals surface area contributed by atoms with Gasteiger partial charge in [0.25, 0.3) is 5.91 Å². The number of aliphatic imine (C=N–C) groups is 1. The number of anilines is 1. The van der Waals surface area contributed by atoms with Gasteiger partial charge in [0, 0.05) is 43.9 Å². The quantitative estimate of drug-likeness (QED) is 0.384. The van der Waals surface area contributed by atoms with Crippen LogP contribution >= 0.6 is 0 Å². The molecule has 0 unspecified atom stereocenters. The molecule has 35 heavy (non-hydrogen) atoms. The summed E-state index contributed by atoms with van der Waals surface area (Å²) in [5.74, 6) is -0.201. The number of amides is 1. The Balaban J connectivity index is 1.68. The number of nitrogens with one attached hydrogen (secondary N) is 1. The van der Waals surface area contributed by atoms with E-state index in [1.54, 1.807) is 30.7 Å². The molecule has 2 heterocycles. The number of carbonyl (C=O) groups excluding carboxylic acids is 1. The molecule has 0 saturated carbocycles. The van der Waals surface area contributed by atoms with Gasteiger partial charge in [-0.25, -0.2) is 0 Å². The summed E-state index contributed by atoms with van der Waals surface area (Å²) in [6.45, 7) is 8.21. The average Bonchev–Trinajstić information content (AvgIpc) is 2.88. The summed E-state index contributed by atoms with van der Waals surface area (Å²) < 4.78 is 0. The van der Waals surface area contributed by atoms with Gasteiger partial charge in [-0.05, 0) is 67.9 Å². The molecule has 0 spiro atoms. The van der Waals surface area contributed by atoms with Crippen LogP contribution in [0.25, 0.3) is 0 Å². The first-order valence-corrected chi connectivity index (χ1v) is 11.6. The van der Waals surface area contributed by atoms with Gasteiger partial charge < -0.3 is 11.1 Å². The van der Waals surface area contributed by atoms with Gasteiger partial charge in [0.1, 0.15) is 0 Å². The zero-order valence-electron chi connectivity index (χ0n) is 20.1. The van der Waals surface area contributed by atoms with Crippen molar-refractivity contribution < 1.29 is 4.79 Å². The van der Waals surface area contributed by atoms with Gasteiger partial charge in [-0.3, -0.25) is 24.7 Å². The lowest BCUT2D eigenvalue weighted by Gasteiger charge is -2.21. The summed E-state index contributed by atoms with van der Waals surface area (Å²) in [5.41, 5.74) is 10.6. The van der Waals surface area contributed by atoms with E-state index in [4.69, 9.17) is 5.73 Å². The first-order chi connectivity index (χ1) is 17.1. The number of hydrogen-bond acceptors (Lipinski definition) is 6. The normalized spacial score (nSPS) is 11.7. The lowest BCUT2D eigenvalue weighted by atomic mass is 10.1. The fourth-order valence-corrected chi connectivity index (χ4v) is 3.45. The van der Waals surface area contributed by atoms with Crippen LogP contribution in [0.15, 0.2) is 96.9 Å². The second kappa shape index (κ2) is 13.7. The Morgan fingerprint density at radius 1 is 1.09 bits per heavy atom. The Labute approximate surface area is 207 Å². The van der Waals surface area contributed by atoms with Crippen LogP contribution in [-0.2, 0) is 19.5 Å². The molecule has 0 saturated heterocycles. The minimum Gasteiger partial charge on any atom is -0.330 e. The number of benzene rings is 1. The molecule has 1 amide bonds. The maximum Gasteiger partial charge on any atom is 0.257 e. The fourth-order valence-electron chi connectivity index (χ4n) is 3.45. The molecule has 0 fully saturated rings. The number of carbonyl (C=O) groups is 1. The van der Waals surface area contributed by atoms with Crippen LogP contribution in [0.4, 0.5) is 5.69 Å². The highest BCUT2D eigenvalue weighted by Gasteiger charge is 2.12. The Kier molecular flexibility index (Phi) is 10.0. The minimum atomic E-state index is -0.201. The smallest absolute Gasteiger partial charge is 0.257 e. The van der Waals surface area contributed by atoms with Crippen molar-refractivity contribution in [3.63, 3.8) is 0 Å². The molecular weight excluding hydrogens is 436 g/mol. The van der Waals surface area contributed by atoms with Crippen LogP contribution in [0.2, 0.25) is 0 Å². The standard InChI is InChI=1S/C28H32N6O/c1-3-16-30-24(4-2)19-34(20-26-7-5-6-17-31-26)21-27-13-10-23(18-32-27)28(35)33-25-11-8-22(9-12-25)14-15-29/h3-13,16-18H,2,14-15,19-21,29H2,1H3,(H,33,35)/b16-3-,30-24+. The van der Waals surface area contributed by atoms with Gasteiger partial charge in [-0.15, -0.1) is 0 Å². The Morgan fingerprint density at radius 2 is 1.86 bits per heavy atom. The average molecular weight is 469 g/mol. The van der Waals surface area contributed by atoms with Crippen LogP contribution in [0, 0.1) is 0 Å². The van der Waals surface area contributed by atoms with Crippen molar-refractivity contribution in [1.82, 2.24) is 14.9 Å². The predicted octanol–water partition coefficient (Wildman–Crippen LogP) is 4.39. The molecule has 0 aliphatic carbocycles. The molecule has 3 rings (SSSR count). The zero-order valence-corrected chi connectivity index (χ0v) is 20.1. The first kappa shape index (κ1) is 25.7. The largest absolute Gasteiger partial charge is 0.330 e. The molecule has 7 nitrogen and oxygen atoms in total. The first-order valence-electron chi connectivity index (χ1n) is 11.6. The van der Waals surface area contributed by atoms with E-state index >= 15 is 0 Å². The molecule has 0 atom stereocenters. The van der Waals surface area contributed by atoms with E-state index in [1.807, 2.05) is 61.5 Å². The van der Waals surface area contributed by atoms with Crippen LogP contribution in [-0.4, -0.2) is 39.6 Å². The zero-order chi connectivity index (χ0) is 24.9. The highest BCUT2D eigenvalue weighted by Crippen LogP contribution is 2.13. The number of hydrogen-bond donors (Lipinski definition) is 2. The molecule has 0 bridgehead atoms. The molecule has 3 N–H and O–H groups in total. The molecular formula is C28H32N6O. The second-order valence-corrected chi connectivity index (χ2v) is 8.00. The summed E-state index contributed by atoms with van der Waals surface area (Å²) >= 11 is 0. The molecule has 0 aliphatic heterocycles. The van der Waals surface area contributed by atoms with E-state index < -0.39 is 0 Å². The number of rotatable bonds is 12. The SMILES string of the molecule is C=C/C(CN(Cc1ccccn1)Cc1ccc(C(=O)Nc2ccc(CCN)cc2)cn1)=N\C=C/C. The molecule has 7 heteroatoms. The lowest BCUT2D eigenvalue weighted by Crippen LogP contribution is -2.29. The second-order valence-electron chi connectivity index (χ2n) is 8.00. The van der Waals surface area contributed by atoms with Crippen LogP contribution < -0.4 is 11.1 Å².